The molecule has 0 fully saturated rings. The maximum absolute atomic E-state index is 11.2. The summed E-state index contributed by atoms with van der Waals surface area (Å²) in [5, 5.41) is 15.0. The van der Waals surface area contributed by atoms with Crippen LogP contribution < -0.4 is 26.6 Å². The fourth-order valence-corrected chi connectivity index (χ4v) is 4.35. The van der Waals surface area contributed by atoms with Gasteiger partial charge in [0, 0.05) is 54.3 Å². The quantitative estimate of drug-likeness (QED) is 0.0798. The molecule has 268 valence electrons. The molecule has 53 heavy (non-hydrogen) atoms. The van der Waals surface area contributed by atoms with Crippen LogP contribution in [0.1, 0.15) is 22.3 Å². The number of carbonyl (C=O) groups excluding carboxylic acids is 2. The third-order valence-electron chi connectivity index (χ3n) is 7.18. The summed E-state index contributed by atoms with van der Waals surface area (Å²) in [7, 11) is 0. The first-order valence-corrected chi connectivity index (χ1v) is 16.8. The molecule has 2 amide bonds. The van der Waals surface area contributed by atoms with Gasteiger partial charge in [0.2, 0.25) is 23.7 Å². The predicted octanol–water partition coefficient (Wildman–Crippen LogP) is 8.09. The average Bonchev–Trinajstić information content (AvgIpc) is 3.20. The molecule has 5 N–H and O–H groups in total. The first-order chi connectivity index (χ1) is 25.8. The van der Waals surface area contributed by atoms with E-state index in [2.05, 4.69) is 59.7 Å². The zero-order chi connectivity index (χ0) is 37.7. The predicted molar refractivity (Wildman–Crippen MR) is 213 cm³/mol. The van der Waals surface area contributed by atoms with Gasteiger partial charge in [-0.3, -0.25) is 9.59 Å². The Morgan fingerprint density at radius 1 is 0.547 bits per heavy atom. The van der Waals surface area contributed by atoms with E-state index in [9.17, 15) is 9.59 Å². The SMILES string of the molecule is C=CC(=O)NCc1ccc(Nc2nc(Nc3ccccc3)ncc2C)cc1.C=CC(=O)NCc1ccccc1.Cc1cnc(Nc2ccccc2)nc1. The molecule has 0 unspecified atom stereocenters. The van der Waals surface area contributed by atoms with E-state index in [1.54, 1.807) is 18.6 Å². The molecule has 2 aromatic heterocycles. The lowest BCUT2D eigenvalue weighted by atomic mass is 10.2. The molecule has 0 aliphatic carbocycles. The van der Waals surface area contributed by atoms with Gasteiger partial charge < -0.3 is 26.6 Å². The van der Waals surface area contributed by atoms with E-state index in [1.165, 1.54) is 12.2 Å². The molecule has 0 aliphatic rings. The second kappa shape index (κ2) is 21.2. The van der Waals surface area contributed by atoms with Gasteiger partial charge in [0.1, 0.15) is 5.82 Å². The number of benzene rings is 4. The molecule has 6 rings (SSSR count). The van der Waals surface area contributed by atoms with E-state index < -0.39 is 0 Å². The van der Waals surface area contributed by atoms with Crippen LogP contribution in [0.5, 0.6) is 0 Å². The maximum Gasteiger partial charge on any atom is 0.243 e. The average molecular weight is 706 g/mol. The highest BCUT2D eigenvalue weighted by atomic mass is 16.2. The highest BCUT2D eigenvalue weighted by molar-refractivity contribution is 5.87. The normalized spacial score (nSPS) is 9.77. The number of amides is 2. The largest absolute Gasteiger partial charge is 0.348 e. The number of carbonyl (C=O) groups is 2. The van der Waals surface area contributed by atoms with Crippen LogP contribution in [0.25, 0.3) is 0 Å². The first kappa shape index (κ1) is 38.7. The minimum Gasteiger partial charge on any atom is -0.348 e. The molecular weight excluding hydrogens is 663 g/mol. The van der Waals surface area contributed by atoms with Crippen molar-refractivity contribution in [3.8, 4) is 0 Å². The molecular formula is C42H43N9O2. The van der Waals surface area contributed by atoms with Gasteiger partial charge in [-0.1, -0.05) is 92.0 Å². The van der Waals surface area contributed by atoms with Gasteiger partial charge in [0.05, 0.1) is 0 Å². The van der Waals surface area contributed by atoms with Crippen LogP contribution in [0.2, 0.25) is 0 Å². The first-order valence-electron chi connectivity index (χ1n) is 16.8. The fraction of sp³-hybridized carbons (Fsp3) is 0.0952. The van der Waals surface area contributed by atoms with E-state index in [1.807, 2.05) is 129 Å². The van der Waals surface area contributed by atoms with Crippen LogP contribution in [-0.4, -0.2) is 31.8 Å². The zero-order valence-electron chi connectivity index (χ0n) is 29.8. The highest BCUT2D eigenvalue weighted by Crippen LogP contribution is 2.21. The lowest BCUT2D eigenvalue weighted by molar-refractivity contribution is -0.117. The van der Waals surface area contributed by atoms with Crippen LogP contribution in [0, 0.1) is 13.8 Å². The van der Waals surface area contributed by atoms with Crippen molar-refractivity contribution in [3.05, 3.63) is 181 Å². The molecule has 11 nitrogen and oxygen atoms in total. The fourth-order valence-electron chi connectivity index (χ4n) is 4.35. The third-order valence-corrected chi connectivity index (χ3v) is 7.18. The van der Waals surface area contributed by atoms with E-state index in [0.29, 0.717) is 25.0 Å². The summed E-state index contributed by atoms with van der Waals surface area (Å²) in [4.78, 5) is 39.2. The molecule has 0 spiro atoms. The Labute approximate surface area is 310 Å². The van der Waals surface area contributed by atoms with Crippen molar-refractivity contribution in [1.29, 1.82) is 0 Å². The van der Waals surface area contributed by atoms with Gasteiger partial charge in [-0.15, -0.1) is 0 Å². The molecule has 0 saturated heterocycles. The number of hydrogen-bond donors (Lipinski definition) is 5. The van der Waals surface area contributed by atoms with E-state index in [0.717, 1.165) is 45.1 Å². The van der Waals surface area contributed by atoms with E-state index in [4.69, 9.17) is 0 Å². The van der Waals surface area contributed by atoms with Crippen molar-refractivity contribution < 1.29 is 9.59 Å². The number of anilines is 6. The van der Waals surface area contributed by atoms with Crippen LogP contribution in [0.3, 0.4) is 0 Å². The Kier molecular flexibility index (Phi) is 15.4. The maximum atomic E-state index is 11.2. The number of para-hydroxylation sites is 2. The second-order valence-corrected chi connectivity index (χ2v) is 11.4. The summed E-state index contributed by atoms with van der Waals surface area (Å²) in [6.07, 6.45) is 7.88. The molecule has 0 radical (unpaired) electrons. The molecule has 0 atom stereocenters. The Hall–Kier alpha value is -7.14. The molecule has 11 heteroatoms. The van der Waals surface area contributed by atoms with Crippen molar-refractivity contribution in [3.63, 3.8) is 0 Å². The Morgan fingerprint density at radius 3 is 1.49 bits per heavy atom. The summed E-state index contributed by atoms with van der Waals surface area (Å²) in [5.74, 6) is 1.56. The lowest BCUT2D eigenvalue weighted by Gasteiger charge is -2.11. The van der Waals surface area contributed by atoms with Crippen molar-refractivity contribution in [1.82, 2.24) is 30.6 Å². The van der Waals surface area contributed by atoms with Gasteiger partial charge in [0.15, 0.2) is 0 Å². The standard InChI is InChI=1S/C21H21N5O.C11H11N3.C10H11NO/c1-3-19(27)22-14-16-9-11-18(12-10-16)24-20-15(2)13-23-21(26-20)25-17-7-5-4-6-8-17;1-9-7-12-11(13-8-9)14-10-5-3-2-4-6-10;1-2-10(12)11-8-9-6-4-3-5-7-9/h3-13H,1,14H2,2H3,(H,22,27)(H2,23,24,25,26);2-8H,1H3,(H,12,13,14);2-7H,1,8H2,(H,11,12). The number of hydrogen-bond acceptors (Lipinski definition) is 9. The number of aryl methyl sites for hydroxylation is 2. The molecule has 0 bridgehead atoms. The Morgan fingerprint density at radius 2 is 0.981 bits per heavy atom. The highest BCUT2D eigenvalue weighted by Gasteiger charge is 2.06. The van der Waals surface area contributed by atoms with Gasteiger partial charge in [-0.05, 0) is 79.1 Å². The van der Waals surface area contributed by atoms with Gasteiger partial charge in [-0.2, -0.15) is 4.98 Å². The van der Waals surface area contributed by atoms with Crippen LogP contribution >= 0.6 is 0 Å². The third kappa shape index (κ3) is 14.3. The molecule has 4 aromatic carbocycles. The topological polar surface area (TPSA) is 146 Å². The molecule has 2 heterocycles. The lowest BCUT2D eigenvalue weighted by Crippen LogP contribution is -2.19. The van der Waals surface area contributed by atoms with Crippen molar-refractivity contribution in [2.45, 2.75) is 26.9 Å². The summed E-state index contributed by atoms with van der Waals surface area (Å²) in [5.41, 5.74) is 6.92. The summed E-state index contributed by atoms with van der Waals surface area (Å²) >= 11 is 0. The van der Waals surface area contributed by atoms with Crippen LogP contribution in [0.15, 0.2) is 159 Å². The monoisotopic (exact) mass is 705 g/mol. The molecule has 0 aliphatic heterocycles. The van der Waals surface area contributed by atoms with Crippen molar-refractivity contribution in [2.75, 3.05) is 16.0 Å². The smallest absolute Gasteiger partial charge is 0.243 e. The number of aromatic nitrogens is 4. The minimum atomic E-state index is -0.188. The number of rotatable bonds is 12. The molecule has 6 aromatic rings. The summed E-state index contributed by atoms with van der Waals surface area (Å²) in [6, 6.07) is 37.2. The number of nitrogens with one attached hydrogen (secondary N) is 5. The van der Waals surface area contributed by atoms with Gasteiger partial charge in [0.25, 0.3) is 0 Å². The minimum absolute atomic E-state index is 0.140. The van der Waals surface area contributed by atoms with Gasteiger partial charge in [-0.25, -0.2) is 15.0 Å². The Bertz CT molecular complexity index is 2020. The van der Waals surface area contributed by atoms with Crippen molar-refractivity contribution in [2.24, 2.45) is 0 Å². The number of nitrogens with zero attached hydrogens (tertiary/aromatic N) is 4. The van der Waals surface area contributed by atoms with Gasteiger partial charge >= 0.3 is 0 Å². The van der Waals surface area contributed by atoms with Crippen molar-refractivity contribution >= 4 is 46.6 Å². The Balaban J connectivity index is 0.000000201. The molecule has 0 saturated carbocycles. The van der Waals surface area contributed by atoms with Crippen LogP contribution in [0.4, 0.5) is 34.8 Å². The van der Waals surface area contributed by atoms with E-state index in [-0.39, 0.29) is 11.8 Å². The van der Waals surface area contributed by atoms with E-state index >= 15 is 0 Å². The second-order valence-electron chi connectivity index (χ2n) is 11.4. The summed E-state index contributed by atoms with van der Waals surface area (Å²) < 4.78 is 0. The van der Waals surface area contributed by atoms with Crippen LogP contribution in [-0.2, 0) is 22.7 Å². The summed E-state index contributed by atoms with van der Waals surface area (Å²) in [6.45, 7) is 11.7. The zero-order valence-corrected chi connectivity index (χ0v) is 29.8.